The fraction of sp³-hybridized carbons (Fsp3) is 0.231. The molecule has 0 heterocycles. The van der Waals surface area contributed by atoms with Gasteiger partial charge in [0.05, 0.1) is 0 Å². The summed E-state index contributed by atoms with van der Waals surface area (Å²) in [6.45, 7) is 0. The molecule has 2 aliphatic rings. The molecule has 6 radical (unpaired) electrons. The normalized spacial score (nSPS) is 13.8. The van der Waals surface area contributed by atoms with Crippen molar-refractivity contribution in [1.82, 2.24) is 9.62 Å². The molecule has 2 aromatic carbocycles. The van der Waals surface area contributed by atoms with Crippen LogP contribution in [0.15, 0.2) is 109 Å². The van der Waals surface area contributed by atoms with Crippen LogP contribution in [0.1, 0.15) is 0 Å². The number of benzene rings is 2. The molecule has 0 saturated carbocycles. The Morgan fingerprint density at radius 2 is 0.812 bits per heavy atom. The van der Waals surface area contributed by atoms with Crippen LogP contribution in [0.2, 0.25) is 11.6 Å². The van der Waals surface area contributed by atoms with E-state index in [0.29, 0.717) is 11.6 Å². The molecule has 0 saturated heterocycles. The molecule has 6 heteroatoms. The summed E-state index contributed by atoms with van der Waals surface area (Å²) in [5.41, 5.74) is 0. The van der Waals surface area contributed by atoms with Gasteiger partial charge in [0.15, 0.2) is 0 Å². The molecular weight excluding hydrogens is 605 g/mol. The van der Waals surface area contributed by atoms with Crippen LogP contribution in [0.3, 0.4) is 0 Å². The van der Waals surface area contributed by atoms with Crippen LogP contribution in [0.25, 0.3) is 0 Å². The Hall–Kier alpha value is -0.914. The molecule has 0 aromatic heterocycles. The third-order valence-electron chi connectivity index (χ3n) is 4.01. The average Bonchev–Trinajstić information content (AvgIpc) is 3.44. The van der Waals surface area contributed by atoms with Crippen LogP contribution in [-0.2, 0) is 0 Å². The minimum atomic E-state index is 0.528. The number of hydrogen-bond donors (Lipinski definition) is 0. The first-order chi connectivity index (χ1) is 15.4. The van der Waals surface area contributed by atoms with Gasteiger partial charge in [-0.1, -0.05) is 48.6 Å². The molecule has 0 amide bonds. The third-order valence-corrected chi connectivity index (χ3v) is 5.71. The zero-order valence-electron chi connectivity index (χ0n) is 19.5. The van der Waals surface area contributed by atoms with E-state index in [0.717, 1.165) is 0 Å². The van der Waals surface area contributed by atoms with Gasteiger partial charge in [0.25, 0.3) is 0 Å². The molecule has 2 nitrogen and oxygen atoms in total. The second-order valence-electron chi connectivity index (χ2n) is 7.59. The first kappa shape index (κ1) is 29.1. The monoisotopic (exact) mass is 636 g/mol. The van der Waals surface area contributed by atoms with E-state index < -0.39 is 0 Å². The molecule has 0 spiro atoms. The first-order valence-electron chi connectivity index (χ1n) is 10.6. The second-order valence-corrected chi connectivity index (χ2v) is 10.5. The molecule has 162 valence electrons. The number of rotatable bonds is 4. The first-order valence-corrected chi connectivity index (χ1v) is 13.1. The van der Waals surface area contributed by atoms with E-state index in [1.807, 2.05) is 64.6 Å². The van der Waals surface area contributed by atoms with Gasteiger partial charge >= 0.3 is 114 Å². The average molecular weight is 638 g/mol. The van der Waals surface area contributed by atoms with Gasteiger partial charge in [-0.25, -0.2) is 0 Å². The number of hydrogen-bond acceptors (Lipinski definition) is 2. The summed E-state index contributed by atoms with van der Waals surface area (Å²) >= 11 is 3.51. The zero-order valence-corrected chi connectivity index (χ0v) is 24.6. The van der Waals surface area contributed by atoms with Crippen molar-refractivity contribution in [3.8, 4) is 0 Å². The van der Waals surface area contributed by atoms with E-state index in [1.165, 1.54) is 7.02 Å². The quantitative estimate of drug-likeness (QED) is 0.476. The van der Waals surface area contributed by atoms with Crippen molar-refractivity contribution in [2.45, 2.75) is 11.6 Å². The second kappa shape index (κ2) is 18.5. The van der Waals surface area contributed by atoms with E-state index in [2.05, 4.69) is 97.3 Å². The van der Waals surface area contributed by atoms with E-state index in [9.17, 15) is 0 Å². The molecular formula is C26H32B2N2Sb2. The SMILES string of the molecule is CN(C)[B]C1C=CC=C1.CN(C)[B]C1C=CC=C1.[Sb][c]1ccccc1.[Sb][c]1ccccc1. The topological polar surface area (TPSA) is 6.48 Å². The molecule has 4 rings (SSSR count). The van der Waals surface area contributed by atoms with Crippen LogP contribution >= 0.6 is 0 Å². The molecule has 2 aromatic rings. The van der Waals surface area contributed by atoms with Gasteiger partial charge in [-0.3, -0.25) is 0 Å². The summed E-state index contributed by atoms with van der Waals surface area (Å²) < 4.78 is 2.74. The Bertz CT molecular complexity index is 740. The molecule has 0 aliphatic heterocycles. The predicted octanol–water partition coefficient (Wildman–Crippen LogP) is 3.12. The fourth-order valence-corrected chi connectivity index (χ4v) is 3.62. The van der Waals surface area contributed by atoms with E-state index in [4.69, 9.17) is 0 Å². The van der Waals surface area contributed by atoms with Crippen molar-refractivity contribution in [2.24, 2.45) is 0 Å². The molecule has 0 atom stereocenters. The fourth-order valence-electron chi connectivity index (χ4n) is 2.64. The maximum atomic E-state index is 2.17. The van der Waals surface area contributed by atoms with Crippen molar-refractivity contribution in [1.29, 1.82) is 0 Å². The van der Waals surface area contributed by atoms with E-state index >= 15 is 0 Å². The molecule has 32 heavy (non-hydrogen) atoms. The molecule has 0 unspecified atom stereocenters. The van der Waals surface area contributed by atoms with Crippen LogP contribution in [0.5, 0.6) is 0 Å². The third kappa shape index (κ3) is 16.7. The molecule has 0 N–H and O–H groups in total. The Labute approximate surface area is 225 Å². The van der Waals surface area contributed by atoms with Crippen LogP contribution in [0, 0.1) is 0 Å². The zero-order chi connectivity index (χ0) is 23.6. The summed E-state index contributed by atoms with van der Waals surface area (Å²) in [4.78, 5) is 4.15. The van der Waals surface area contributed by atoms with Crippen molar-refractivity contribution in [2.75, 3.05) is 28.2 Å². The van der Waals surface area contributed by atoms with Gasteiger partial charge in [0, 0.05) is 0 Å². The van der Waals surface area contributed by atoms with Crippen molar-refractivity contribution < 1.29 is 0 Å². The van der Waals surface area contributed by atoms with Crippen molar-refractivity contribution in [3.05, 3.63) is 109 Å². The number of nitrogens with zero attached hydrogens (tertiary/aromatic N) is 2. The summed E-state index contributed by atoms with van der Waals surface area (Å²) in [6, 6.07) is 20.7. The van der Waals surface area contributed by atoms with Crippen molar-refractivity contribution >= 4 is 67.9 Å². The predicted molar refractivity (Wildman–Crippen MR) is 147 cm³/mol. The molecule has 2 aliphatic carbocycles. The number of allylic oxidation sites excluding steroid dienone is 8. The van der Waals surface area contributed by atoms with Crippen LogP contribution in [-0.4, -0.2) is 98.7 Å². The summed E-state index contributed by atoms with van der Waals surface area (Å²) in [6.07, 6.45) is 17.0. The Morgan fingerprint density at radius 1 is 0.531 bits per heavy atom. The van der Waals surface area contributed by atoms with E-state index in [-0.39, 0.29) is 0 Å². The van der Waals surface area contributed by atoms with Gasteiger partial charge in [-0.2, -0.15) is 0 Å². The van der Waals surface area contributed by atoms with Crippen molar-refractivity contribution in [3.63, 3.8) is 0 Å². The van der Waals surface area contributed by atoms with Gasteiger partial charge in [0.2, 0.25) is 14.8 Å². The van der Waals surface area contributed by atoms with Crippen LogP contribution < -0.4 is 7.02 Å². The molecule has 0 fully saturated rings. The van der Waals surface area contributed by atoms with E-state index in [1.54, 1.807) is 46.0 Å². The Morgan fingerprint density at radius 3 is 1.00 bits per heavy atom. The summed E-state index contributed by atoms with van der Waals surface area (Å²) in [5.74, 6) is 1.06. The Kier molecular flexibility index (Phi) is 16.8. The summed E-state index contributed by atoms with van der Waals surface area (Å²) in [5, 5.41) is 0. The van der Waals surface area contributed by atoms with Gasteiger partial charge < -0.3 is 9.62 Å². The Balaban J connectivity index is 0.000000215. The van der Waals surface area contributed by atoms with Gasteiger partial charge in [0.1, 0.15) is 0 Å². The minimum absolute atomic E-state index is 0.528. The summed E-state index contributed by atoms with van der Waals surface area (Å²) in [7, 11) is 12.5. The maximum absolute atomic E-state index is 2.17. The molecule has 0 bridgehead atoms. The van der Waals surface area contributed by atoms with Crippen LogP contribution in [0.4, 0.5) is 0 Å². The standard InChI is InChI=1S/2C7H11BN.2C6H5.2Sb/c2*1-9(2)8-7-5-3-4-6-7;2*1-2-4-6-5-3-1;;/h2*3-7H,1-2H3;2*1-5H;;. The van der Waals surface area contributed by atoms with Gasteiger partial charge in [-0.05, 0) is 39.8 Å². The van der Waals surface area contributed by atoms with Gasteiger partial charge in [-0.15, -0.1) is 0 Å².